The summed E-state index contributed by atoms with van der Waals surface area (Å²) >= 11 is 1.65. The van der Waals surface area contributed by atoms with Crippen molar-refractivity contribution in [3.63, 3.8) is 0 Å². The Morgan fingerprint density at radius 1 is 1.24 bits per heavy atom. The van der Waals surface area contributed by atoms with Gasteiger partial charge in [-0.05, 0) is 30.7 Å². The van der Waals surface area contributed by atoms with Crippen LogP contribution in [0.2, 0.25) is 0 Å². The number of nitrogens with one attached hydrogen (secondary N) is 1. The highest BCUT2D eigenvalue weighted by molar-refractivity contribution is 7.99. The van der Waals surface area contributed by atoms with Gasteiger partial charge in [0.25, 0.3) is 0 Å². The number of H-pyrrole nitrogens is 1. The summed E-state index contributed by atoms with van der Waals surface area (Å²) in [5.41, 5.74) is 1.14. The molecule has 1 fully saturated rings. The molecule has 29 heavy (non-hydrogen) atoms. The SMILES string of the molecule is CC(Sc1ncc[nH]1)c1ccc(OC(=O)N2CCC(On3cccn3)CC2)cc1. The van der Waals surface area contributed by atoms with Crippen LogP contribution in [0.1, 0.15) is 30.6 Å². The quantitative estimate of drug-likeness (QED) is 0.622. The van der Waals surface area contributed by atoms with Crippen molar-refractivity contribution in [1.82, 2.24) is 24.8 Å². The number of carbonyl (C=O) groups excluding carboxylic acids is 1. The number of nitrogens with zero attached hydrogens (tertiary/aromatic N) is 4. The highest BCUT2D eigenvalue weighted by atomic mass is 32.2. The zero-order valence-corrected chi connectivity index (χ0v) is 16.9. The zero-order valence-electron chi connectivity index (χ0n) is 16.1. The molecule has 1 aromatic carbocycles. The molecule has 1 atom stereocenters. The Labute approximate surface area is 173 Å². The van der Waals surface area contributed by atoms with Crippen molar-refractivity contribution in [2.45, 2.75) is 36.3 Å². The number of aromatic amines is 1. The van der Waals surface area contributed by atoms with Crippen LogP contribution in [0.25, 0.3) is 0 Å². The lowest BCUT2D eigenvalue weighted by molar-refractivity contribution is -0.0162. The summed E-state index contributed by atoms with van der Waals surface area (Å²) in [5, 5.41) is 5.16. The minimum Gasteiger partial charge on any atom is -0.410 e. The fourth-order valence-electron chi connectivity index (χ4n) is 3.14. The summed E-state index contributed by atoms with van der Waals surface area (Å²) in [4.78, 5) is 28.7. The van der Waals surface area contributed by atoms with Gasteiger partial charge in [0.2, 0.25) is 0 Å². The molecule has 0 aliphatic carbocycles. The molecule has 1 amide bonds. The van der Waals surface area contributed by atoms with Gasteiger partial charge in [-0.3, -0.25) is 0 Å². The second-order valence-corrected chi connectivity index (χ2v) is 8.12. The fraction of sp³-hybridized carbons (Fsp3) is 0.350. The van der Waals surface area contributed by atoms with Crippen molar-refractivity contribution < 1.29 is 14.4 Å². The van der Waals surface area contributed by atoms with Gasteiger partial charge in [0, 0.05) is 43.6 Å². The monoisotopic (exact) mass is 413 g/mol. The molecular formula is C20H23N5O3S. The Kier molecular flexibility index (Phi) is 6.04. The topological polar surface area (TPSA) is 85.3 Å². The van der Waals surface area contributed by atoms with Crippen LogP contribution < -0.4 is 9.57 Å². The Hall–Kier alpha value is -2.94. The van der Waals surface area contributed by atoms with E-state index < -0.39 is 0 Å². The number of hydrogen-bond donors (Lipinski definition) is 1. The Morgan fingerprint density at radius 3 is 2.69 bits per heavy atom. The van der Waals surface area contributed by atoms with Gasteiger partial charge in [0.15, 0.2) is 5.16 Å². The van der Waals surface area contributed by atoms with Crippen molar-refractivity contribution >= 4 is 17.9 Å². The molecule has 8 nitrogen and oxygen atoms in total. The van der Waals surface area contributed by atoms with Crippen LogP contribution in [0.3, 0.4) is 0 Å². The Morgan fingerprint density at radius 2 is 2.03 bits per heavy atom. The van der Waals surface area contributed by atoms with Crippen LogP contribution in [-0.4, -0.2) is 50.1 Å². The molecule has 1 N–H and O–H groups in total. The number of carbonyl (C=O) groups is 1. The lowest BCUT2D eigenvalue weighted by Crippen LogP contribution is -2.44. The molecule has 1 saturated heterocycles. The van der Waals surface area contributed by atoms with Crippen molar-refractivity contribution in [1.29, 1.82) is 0 Å². The third-order valence-corrected chi connectivity index (χ3v) is 5.83. The van der Waals surface area contributed by atoms with E-state index in [-0.39, 0.29) is 17.4 Å². The summed E-state index contributed by atoms with van der Waals surface area (Å²) in [5.74, 6) is 0.545. The van der Waals surface area contributed by atoms with Gasteiger partial charge in [0.05, 0.1) is 12.4 Å². The van der Waals surface area contributed by atoms with E-state index in [0.717, 1.165) is 23.6 Å². The summed E-state index contributed by atoms with van der Waals surface area (Å²) in [6, 6.07) is 9.44. The lowest BCUT2D eigenvalue weighted by atomic mass is 10.1. The lowest BCUT2D eigenvalue weighted by Gasteiger charge is -2.30. The second-order valence-electron chi connectivity index (χ2n) is 6.79. The van der Waals surface area contributed by atoms with Crippen molar-refractivity contribution in [3.8, 4) is 5.75 Å². The molecule has 1 aliphatic heterocycles. The molecular weight excluding hydrogens is 390 g/mol. The van der Waals surface area contributed by atoms with Crippen molar-refractivity contribution in [3.05, 3.63) is 60.7 Å². The van der Waals surface area contributed by atoms with E-state index in [4.69, 9.17) is 9.57 Å². The predicted octanol–water partition coefficient (Wildman–Crippen LogP) is 3.55. The highest BCUT2D eigenvalue weighted by Crippen LogP contribution is 2.33. The number of piperidine rings is 1. The maximum Gasteiger partial charge on any atom is 0.415 e. The third-order valence-electron chi connectivity index (χ3n) is 4.75. The van der Waals surface area contributed by atoms with E-state index in [2.05, 4.69) is 22.0 Å². The number of aromatic nitrogens is 4. The van der Waals surface area contributed by atoms with Crippen LogP contribution >= 0.6 is 11.8 Å². The number of thioether (sulfide) groups is 1. The molecule has 9 heteroatoms. The molecule has 0 spiro atoms. The van der Waals surface area contributed by atoms with E-state index in [0.29, 0.717) is 18.8 Å². The standard InChI is InChI=1S/C20H23N5O3S/c1-15(29-19-21-10-11-22-19)16-3-5-17(6-4-16)27-20(26)24-13-7-18(8-14-24)28-25-12-2-9-23-25/h2-6,9-12,15,18H,7-8,13-14H2,1H3,(H,21,22). The van der Waals surface area contributed by atoms with E-state index in [1.54, 1.807) is 35.3 Å². The van der Waals surface area contributed by atoms with Gasteiger partial charge in [-0.15, -0.1) is 9.94 Å². The van der Waals surface area contributed by atoms with E-state index >= 15 is 0 Å². The number of rotatable bonds is 6. The van der Waals surface area contributed by atoms with Crippen LogP contribution in [0.5, 0.6) is 5.75 Å². The molecule has 152 valence electrons. The normalized spacial score (nSPS) is 15.8. The third kappa shape index (κ3) is 5.11. The van der Waals surface area contributed by atoms with Crippen LogP contribution in [0.15, 0.2) is 60.3 Å². The van der Waals surface area contributed by atoms with Crippen LogP contribution in [-0.2, 0) is 0 Å². The first kappa shape index (κ1) is 19.4. The van der Waals surface area contributed by atoms with Gasteiger partial charge in [0.1, 0.15) is 11.9 Å². The molecule has 3 heterocycles. The first-order valence-electron chi connectivity index (χ1n) is 9.57. The molecule has 2 aromatic heterocycles. The first-order valence-corrected chi connectivity index (χ1v) is 10.4. The highest BCUT2D eigenvalue weighted by Gasteiger charge is 2.25. The number of hydrogen-bond acceptors (Lipinski definition) is 6. The van der Waals surface area contributed by atoms with Gasteiger partial charge >= 0.3 is 6.09 Å². The molecule has 1 aliphatic rings. The summed E-state index contributed by atoms with van der Waals surface area (Å²) in [6.45, 7) is 3.31. The molecule has 0 bridgehead atoms. The summed E-state index contributed by atoms with van der Waals surface area (Å²) in [6.07, 6.45) is 8.20. The number of likely N-dealkylation sites (tertiary alicyclic amines) is 1. The predicted molar refractivity (Wildman–Crippen MR) is 109 cm³/mol. The largest absolute Gasteiger partial charge is 0.415 e. The first-order chi connectivity index (χ1) is 14.2. The smallest absolute Gasteiger partial charge is 0.410 e. The maximum atomic E-state index is 12.5. The van der Waals surface area contributed by atoms with Crippen LogP contribution in [0.4, 0.5) is 4.79 Å². The molecule has 0 radical (unpaired) electrons. The van der Waals surface area contributed by atoms with E-state index in [1.807, 2.05) is 36.5 Å². The van der Waals surface area contributed by atoms with E-state index in [9.17, 15) is 4.79 Å². The van der Waals surface area contributed by atoms with E-state index in [1.165, 1.54) is 4.85 Å². The molecule has 0 saturated carbocycles. The van der Waals surface area contributed by atoms with Gasteiger partial charge < -0.3 is 19.5 Å². The van der Waals surface area contributed by atoms with Crippen molar-refractivity contribution in [2.75, 3.05) is 13.1 Å². The minimum absolute atomic E-state index is 0.0476. The Balaban J connectivity index is 1.25. The zero-order chi connectivity index (χ0) is 20.1. The molecule has 1 unspecified atom stereocenters. The summed E-state index contributed by atoms with van der Waals surface area (Å²) < 4.78 is 5.54. The fourth-order valence-corrected chi connectivity index (χ4v) is 4.02. The van der Waals surface area contributed by atoms with Crippen molar-refractivity contribution in [2.24, 2.45) is 0 Å². The number of amides is 1. The number of imidazole rings is 1. The number of benzene rings is 1. The molecule has 4 rings (SSSR count). The number of ether oxygens (including phenoxy) is 1. The summed E-state index contributed by atoms with van der Waals surface area (Å²) in [7, 11) is 0. The van der Waals surface area contributed by atoms with Crippen LogP contribution in [0, 0.1) is 0 Å². The minimum atomic E-state index is -0.326. The van der Waals surface area contributed by atoms with Gasteiger partial charge in [-0.2, -0.15) is 0 Å². The Bertz CT molecular complexity index is 891. The average molecular weight is 414 g/mol. The van der Waals surface area contributed by atoms with Gasteiger partial charge in [-0.1, -0.05) is 23.9 Å². The van der Waals surface area contributed by atoms with Gasteiger partial charge in [-0.25, -0.2) is 9.78 Å². The average Bonchev–Trinajstić information content (AvgIpc) is 3.43. The second kappa shape index (κ2) is 9.04. The molecule has 3 aromatic rings. The maximum absolute atomic E-state index is 12.5.